The van der Waals surface area contributed by atoms with E-state index >= 15 is 0 Å². The number of hydrogen-bond donors (Lipinski definition) is 2. The molecule has 0 aromatic heterocycles. The summed E-state index contributed by atoms with van der Waals surface area (Å²) in [5, 5.41) is 9.30. The number of benzene rings is 1. The third-order valence-corrected chi connectivity index (χ3v) is 1.78. The van der Waals surface area contributed by atoms with E-state index in [2.05, 4.69) is 4.74 Å². The number of aromatic hydroxyl groups is 1. The lowest BCUT2D eigenvalue weighted by Crippen LogP contribution is -2.22. The van der Waals surface area contributed by atoms with E-state index in [1.807, 2.05) is 0 Å². The van der Waals surface area contributed by atoms with Crippen LogP contribution in [0.15, 0.2) is 18.2 Å². The SMILES string of the molecule is COC(=O)[C@H](N)c1cc(F)ccc1O.Cl. The highest BCUT2D eigenvalue weighted by Gasteiger charge is 2.19. The van der Waals surface area contributed by atoms with E-state index in [1.165, 1.54) is 7.11 Å². The Labute approximate surface area is 92.3 Å². The summed E-state index contributed by atoms with van der Waals surface area (Å²) in [6, 6.07) is 2.03. The molecule has 0 spiro atoms. The van der Waals surface area contributed by atoms with Crippen molar-refractivity contribution < 1.29 is 19.0 Å². The molecule has 1 aromatic rings. The molecule has 0 aliphatic carbocycles. The van der Waals surface area contributed by atoms with Gasteiger partial charge in [0.2, 0.25) is 0 Å². The van der Waals surface area contributed by atoms with Crippen LogP contribution in [0, 0.1) is 5.82 Å². The van der Waals surface area contributed by atoms with Crippen LogP contribution in [0.4, 0.5) is 4.39 Å². The highest BCUT2D eigenvalue weighted by Crippen LogP contribution is 2.23. The number of carbonyl (C=O) groups is 1. The highest BCUT2D eigenvalue weighted by atomic mass is 35.5. The summed E-state index contributed by atoms with van der Waals surface area (Å²) in [6.07, 6.45) is 0. The van der Waals surface area contributed by atoms with Gasteiger partial charge in [-0.1, -0.05) is 0 Å². The quantitative estimate of drug-likeness (QED) is 0.754. The summed E-state index contributed by atoms with van der Waals surface area (Å²) in [4.78, 5) is 11.0. The van der Waals surface area contributed by atoms with E-state index in [1.54, 1.807) is 0 Å². The minimum atomic E-state index is -1.17. The van der Waals surface area contributed by atoms with Gasteiger partial charge in [0.25, 0.3) is 0 Å². The number of methoxy groups -OCH3 is 1. The Morgan fingerprint density at radius 3 is 2.73 bits per heavy atom. The molecule has 0 heterocycles. The summed E-state index contributed by atoms with van der Waals surface area (Å²) in [6.45, 7) is 0. The van der Waals surface area contributed by atoms with Crippen molar-refractivity contribution in [2.45, 2.75) is 6.04 Å². The smallest absolute Gasteiger partial charge is 0.327 e. The first kappa shape index (κ1) is 13.7. The number of phenols is 1. The Morgan fingerprint density at radius 1 is 1.60 bits per heavy atom. The molecule has 3 N–H and O–H groups in total. The summed E-state index contributed by atoms with van der Waals surface area (Å²) in [7, 11) is 1.17. The number of rotatable bonds is 2. The van der Waals surface area contributed by atoms with Crippen molar-refractivity contribution in [3.05, 3.63) is 29.6 Å². The molecule has 0 bridgehead atoms. The average molecular weight is 236 g/mol. The standard InChI is InChI=1S/C9H10FNO3.ClH/c1-14-9(13)8(11)6-4-5(10)2-3-7(6)12;/h2-4,8,12H,11H2,1H3;1H/t8-;/m1./s1. The molecule has 0 saturated heterocycles. The molecular formula is C9H11ClFNO3. The van der Waals surface area contributed by atoms with Crippen LogP contribution in [-0.4, -0.2) is 18.2 Å². The number of esters is 1. The number of nitrogens with two attached hydrogens (primary N) is 1. The van der Waals surface area contributed by atoms with Gasteiger partial charge in [-0.3, -0.25) is 4.79 Å². The molecule has 0 saturated carbocycles. The number of hydrogen-bond acceptors (Lipinski definition) is 4. The molecule has 1 atom stereocenters. The van der Waals surface area contributed by atoms with Crippen molar-refractivity contribution >= 4 is 18.4 Å². The van der Waals surface area contributed by atoms with Crippen LogP contribution in [0.3, 0.4) is 0 Å². The van der Waals surface area contributed by atoms with Gasteiger partial charge in [0.15, 0.2) is 0 Å². The molecular weight excluding hydrogens is 225 g/mol. The molecule has 0 radical (unpaired) electrons. The largest absolute Gasteiger partial charge is 0.508 e. The zero-order valence-electron chi connectivity index (χ0n) is 7.94. The minimum Gasteiger partial charge on any atom is -0.508 e. The van der Waals surface area contributed by atoms with Crippen molar-refractivity contribution in [2.75, 3.05) is 7.11 Å². The van der Waals surface area contributed by atoms with Crippen LogP contribution >= 0.6 is 12.4 Å². The van der Waals surface area contributed by atoms with Gasteiger partial charge in [0, 0.05) is 5.56 Å². The fraction of sp³-hybridized carbons (Fsp3) is 0.222. The maximum absolute atomic E-state index is 12.8. The van der Waals surface area contributed by atoms with Crippen LogP contribution in [0.5, 0.6) is 5.75 Å². The molecule has 0 aliphatic heterocycles. The Hall–Kier alpha value is -1.33. The Morgan fingerprint density at radius 2 is 2.20 bits per heavy atom. The molecule has 1 rings (SSSR count). The number of carbonyl (C=O) groups excluding carboxylic acids is 1. The van der Waals surface area contributed by atoms with E-state index in [0.717, 1.165) is 18.2 Å². The summed E-state index contributed by atoms with van der Waals surface area (Å²) >= 11 is 0. The van der Waals surface area contributed by atoms with Crippen molar-refractivity contribution in [1.82, 2.24) is 0 Å². The lowest BCUT2D eigenvalue weighted by atomic mass is 10.1. The van der Waals surface area contributed by atoms with Gasteiger partial charge in [-0.25, -0.2) is 4.39 Å². The van der Waals surface area contributed by atoms with Crippen LogP contribution < -0.4 is 5.73 Å². The van der Waals surface area contributed by atoms with Gasteiger partial charge in [-0.2, -0.15) is 0 Å². The van der Waals surface area contributed by atoms with E-state index < -0.39 is 17.8 Å². The third-order valence-electron chi connectivity index (χ3n) is 1.78. The van der Waals surface area contributed by atoms with Crippen molar-refractivity contribution in [2.24, 2.45) is 5.73 Å². The lowest BCUT2D eigenvalue weighted by Gasteiger charge is -2.10. The Kier molecular flexibility index (Phi) is 5.04. The first-order valence-corrected chi connectivity index (χ1v) is 3.88. The summed E-state index contributed by atoms with van der Waals surface area (Å²) in [5.74, 6) is -1.53. The van der Waals surface area contributed by atoms with Crippen LogP contribution in [0.2, 0.25) is 0 Å². The second-order valence-corrected chi connectivity index (χ2v) is 2.70. The fourth-order valence-electron chi connectivity index (χ4n) is 1.03. The topological polar surface area (TPSA) is 72.5 Å². The zero-order chi connectivity index (χ0) is 10.7. The molecule has 84 valence electrons. The first-order valence-electron chi connectivity index (χ1n) is 3.88. The predicted molar refractivity (Wildman–Crippen MR) is 54.3 cm³/mol. The van der Waals surface area contributed by atoms with Gasteiger partial charge in [0.1, 0.15) is 17.6 Å². The Balaban J connectivity index is 0.00000196. The normalized spacial score (nSPS) is 11.4. The minimum absolute atomic E-state index is 0. The summed E-state index contributed by atoms with van der Waals surface area (Å²) < 4.78 is 17.1. The maximum Gasteiger partial charge on any atom is 0.327 e. The fourth-order valence-corrected chi connectivity index (χ4v) is 1.03. The molecule has 0 fully saturated rings. The average Bonchev–Trinajstić information content (AvgIpc) is 2.19. The molecule has 0 aliphatic rings. The number of halogens is 2. The lowest BCUT2D eigenvalue weighted by molar-refractivity contribution is -0.142. The van der Waals surface area contributed by atoms with Crippen LogP contribution in [0.1, 0.15) is 11.6 Å². The third kappa shape index (κ3) is 3.07. The molecule has 15 heavy (non-hydrogen) atoms. The van der Waals surface area contributed by atoms with Crippen molar-refractivity contribution in [3.8, 4) is 5.75 Å². The first-order chi connectivity index (χ1) is 6.56. The van der Waals surface area contributed by atoms with Gasteiger partial charge >= 0.3 is 5.97 Å². The van der Waals surface area contributed by atoms with Gasteiger partial charge in [0.05, 0.1) is 7.11 Å². The van der Waals surface area contributed by atoms with Crippen molar-refractivity contribution in [1.29, 1.82) is 0 Å². The second-order valence-electron chi connectivity index (χ2n) is 2.70. The number of ether oxygens (including phenoxy) is 1. The van der Waals surface area contributed by atoms with E-state index in [-0.39, 0.29) is 23.7 Å². The predicted octanol–water partition coefficient (Wildman–Crippen LogP) is 1.13. The molecule has 1 aromatic carbocycles. The highest BCUT2D eigenvalue weighted by molar-refractivity contribution is 5.85. The Bertz CT molecular complexity index is 359. The van der Waals surface area contributed by atoms with Gasteiger partial charge < -0.3 is 15.6 Å². The zero-order valence-corrected chi connectivity index (χ0v) is 8.75. The van der Waals surface area contributed by atoms with Crippen LogP contribution in [0.25, 0.3) is 0 Å². The monoisotopic (exact) mass is 235 g/mol. The van der Waals surface area contributed by atoms with Crippen molar-refractivity contribution in [3.63, 3.8) is 0 Å². The summed E-state index contributed by atoms with van der Waals surface area (Å²) in [5.41, 5.74) is 5.43. The van der Waals surface area contributed by atoms with E-state index in [4.69, 9.17) is 5.73 Å². The van der Waals surface area contributed by atoms with E-state index in [0.29, 0.717) is 0 Å². The van der Waals surface area contributed by atoms with Gasteiger partial charge in [-0.05, 0) is 18.2 Å². The molecule has 4 nitrogen and oxygen atoms in total. The number of phenolic OH excluding ortho intramolecular Hbond substituents is 1. The second kappa shape index (κ2) is 5.53. The van der Waals surface area contributed by atoms with E-state index in [9.17, 15) is 14.3 Å². The molecule has 6 heteroatoms. The molecule has 0 amide bonds. The van der Waals surface area contributed by atoms with Crippen LogP contribution in [-0.2, 0) is 9.53 Å². The maximum atomic E-state index is 12.8. The molecule has 0 unspecified atom stereocenters. The van der Waals surface area contributed by atoms with Gasteiger partial charge in [-0.15, -0.1) is 12.4 Å².